The van der Waals surface area contributed by atoms with E-state index < -0.39 is 0 Å². The van der Waals surface area contributed by atoms with Crippen LogP contribution < -0.4 is 0 Å². The third-order valence-corrected chi connectivity index (χ3v) is 0. The summed E-state index contributed by atoms with van der Waals surface area (Å²) < 4.78 is 22.5. The molecule has 0 rings (SSSR count). The van der Waals surface area contributed by atoms with Crippen LogP contribution in [0.2, 0.25) is 0 Å². The predicted octanol–water partition coefficient (Wildman–Crippen LogP) is 1.28. The molecule has 0 atom stereocenters. The van der Waals surface area contributed by atoms with Crippen molar-refractivity contribution in [3.63, 3.8) is 0 Å². The minimum atomic E-state index is 0. The molecular formula is C7H7CoO3. The zero-order chi connectivity index (χ0) is 9.58. The van der Waals surface area contributed by atoms with E-state index in [0.717, 1.165) is 5.57 Å². The van der Waals surface area contributed by atoms with Crippen molar-refractivity contribution in [1.29, 1.82) is 0 Å². The molecule has 0 saturated heterocycles. The van der Waals surface area contributed by atoms with Gasteiger partial charge in [0.05, 0.1) is 0 Å². The summed E-state index contributed by atoms with van der Waals surface area (Å²) in [6.45, 7) is 22.2. The maximum atomic E-state index is 7.50. The van der Waals surface area contributed by atoms with Gasteiger partial charge >= 0.3 is 33.9 Å². The van der Waals surface area contributed by atoms with Gasteiger partial charge < -0.3 is 0 Å². The maximum Gasteiger partial charge on any atom is 0 e. The Labute approximate surface area is 77.2 Å². The number of hydrogen-bond donors (Lipinski definition) is 0. The molecule has 0 aliphatic heterocycles. The molecule has 0 bridgehead atoms. The number of hydrogen-bond acceptors (Lipinski definition) is 0. The van der Waals surface area contributed by atoms with Crippen LogP contribution in [0.15, 0.2) is 12.2 Å². The van der Waals surface area contributed by atoms with E-state index in [1.54, 1.807) is 0 Å². The van der Waals surface area contributed by atoms with Gasteiger partial charge in [0.15, 0.2) is 0 Å². The van der Waals surface area contributed by atoms with Gasteiger partial charge in [-0.1, -0.05) is 5.57 Å². The summed E-state index contributed by atoms with van der Waals surface area (Å²) in [7, 11) is 0. The van der Waals surface area contributed by atoms with Gasteiger partial charge in [-0.05, 0) is 13.8 Å². The molecule has 0 spiro atoms. The van der Waals surface area contributed by atoms with E-state index in [-0.39, 0.29) is 16.8 Å². The molecule has 4 heteroatoms. The number of rotatable bonds is 0. The fourth-order valence-electron chi connectivity index (χ4n) is 0. The third-order valence-electron chi connectivity index (χ3n) is 0. The van der Waals surface area contributed by atoms with Gasteiger partial charge in [0, 0.05) is 16.8 Å². The molecule has 62 valence electrons. The molecule has 0 aromatic rings. The molecule has 0 fully saturated rings. The van der Waals surface area contributed by atoms with Crippen LogP contribution in [-0.2, 0) is 30.7 Å². The van der Waals surface area contributed by atoms with Crippen LogP contribution in [0, 0.1) is 26.9 Å². The smallest absolute Gasteiger partial charge is 0 e. The van der Waals surface area contributed by atoms with Crippen molar-refractivity contribution in [3.05, 3.63) is 39.0 Å². The Morgan fingerprint density at radius 1 is 1.00 bits per heavy atom. The SMILES string of the molecule is [C-]#[O+].[C-]#[O+].[C-]#[O+].[CH2]C(=C)C.[Co]. The largest absolute Gasteiger partial charge is 0.100 e. The molecular weight excluding hydrogens is 191 g/mol. The van der Waals surface area contributed by atoms with Crippen LogP contribution >= 0.6 is 0 Å². The maximum absolute atomic E-state index is 7.50. The molecule has 0 aliphatic carbocycles. The summed E-state index contributed by atoms with van der Waals surface area (Å²) >= 11 is 0. The first-order chi connectivity index (χ1) is 4.73. The summed E-state index contributed by atoms with van der Waals surface area (Å²) in [6.07, 6.45) is 0. The fraction of sp³-hybridized carbons (Fsp3) is 0.143. The van der Waals surface area contributed by atoms with Crippen molar-refractivity contribution >= 4 is 0 Å². The van der Waals surface area contributed by atoms with Crippen molar-refractivity contribution in [1.82, 2.24) is 0 Å². The number of allylic oxidation sites excluding steroid dienone is 1. The van der Waals surface area contributed by atoms with Crippen LogP contribution in [0.1, 0.15) is 6.92 Å². The second kappa shape index (κ2) is 112. The average Bonchev–Trinajstić information content (AvgIpc) is 1.98. The Morgan fingerprint density at radius 3 is 1.00 bits per heavy atom. The van der Waals surface area contributed by atoms with E-state index in [2.05, 4.69) is 33.5 Å². The van der Waals surface area contributed by atoms with Crippen molar-refractivity contribution in [3.8, 4) is 0 Å². The fourth-order valence-corrected chi connectivity index (χ4v) is 0. The minimum Gasteiger partial charge on any atom is -0.100 e. The minimum absolute atomic E-state index is 0. The van der Waals surface area contributed by atoms with Gasteiger partial charge in [0.1, 0.15) is 0 Å². The first-order valence-electron chi connectivity index (χ1n) is 1.82. The first kappa shape index (κ1) is 31.4. The summed E-state index contributed by atoms with van der Waals surface area (Å²) in [5.41, 5.74) is 0.917. The quantitative estimate of drug-likeness (QED) is 0.415. The van der Waals surface area contributed by atoms with Gasteiger partial charge in [-0.25, -0.2) is 0 Å². The van der Waals surface area contributed by atoms with Crippen LogP contribution in [0.5, 0.6) is 0 Å². The van der Waals surface area contributed by atoms with E-state index in [0.29, 0.717) is 0 Å². The van der Waals surface area contributed by atoms with Gasteiger partial charge in [-0.3, -0.25) is 0 Å². The molecule has 0 saturated carbocycles. The van der Waals surface area contributed by atoms with Gasteiger partial charge in [0.2, 0.25) is 0 Å². The van der Waals surface area contributed by atoms with Crippen LogP contribution in [0.25, 0.3) is 0 Å². The van der Waals surface area contributed by atoms with E-state index >= 15 is 0 Å². The van der Waals surface area contributed by atoms with Crippen LogP contribution in [-0.4, -0.2) is 0 Å². The van der Waals surface area contributed by atoms with E-state index in [4.69, 9.17) is 14.0 Å². The Bertz CT molecular complexity index is 94.3. The Hall–Kier alpha value is -0.534. The van der Waals surface area contributed by atoms with Crippen molar-refractivity contribution in [2.75, 3.05) is 0 Å². The molecule has 0 aromatic heterocycles. The average molecular weight is 198 g/mol. The Morgan fingerprint density at radius 2 is 1.00 bits per heavy atom. The monoisotopic (exact) mass is 198 g/mol. The summed E-state index contributed by atoms with van der Waals surface area (Å²) in [6, 6.07) is 0. The van der Waals surface area contributed by atoms with Crippen LogP contribution in [0.4, 0.5) is 0 Å². The first-order valence-corrected chi connectivity index (χ1v) is 1.82. The molecule has 2 radical (unpaired) electrons. The van der Waals surface area contributed by atoms with Crippen LogP contribution in [0.3, 0.4) is 0 Å². The van der Waals surface area contributed by atoms with Gasteiger partial charge in [-0.2, -0.15) is 0 Å². The van der Waals surface area contributed by atoms with Crippen molar-refractivity contribution in [2.24, 2.45) is 0 Å². The standard InChI is InChI=1S/C4H7.3CO.Co/c1-4(2)3;3*1-2;/h1-2H2,3H3;;;;. The second-order valence-corrected chi connectivity index (χ2v) is 0.957. The zero-order valence-electron chi connectivity index (χ0n) is 5.97. The zero-order valence-corrected chi connectivity index (χ0v) is 7.01. The third kappa shape index (κ3) is 1850. The molecule has 0 amide bonds. The summed E-state index contributed by atoms with van der Waals surface area (Å²) in [5, 5.41) is 0. The molecule has 0 aromatic carbocycles. The van der Waals surface area contributed by atoms with Gasteiger partial charge in [0.25, 0.3) is 0 Å². The van der Waals surface area contributed by atoms with Gasteiger partial charge in [-0.15, -0.1) is 6.58 Å². The Kier molecular flexibility index (Phi) is 318. The van der Waals surface area contributed by atoms with E-state index in [1.807, 2.05) is 6.92 Å². The Balaban J connectivity index is -0.0000000152. The molecule has 11 heavy (non-hydrogen) atoms. The molecule has 0 N–H and O–H groups in total. The van der Waals surface area contributed by atoms with E-state index in [9.17, 15) is 0 Å². The normalized spacial score (nSPS) is 2.91. The molecule has 0 unspecified atom stereocenters. The van der Waals surface area contributed by atoms with Crippen molar-refractivity contribution < 1.29 is 30.7 Å². The second-order valence-electron chi connectivity index (χ2n) is 0.957. The molecule has 0 aliphatic rings. The topological polar surface area (TPSA) is 59.7 Å². The molecule has 0 heterocycles. The van der Waals surface area contributed by atoms with Crippen molar-refractivity contribution in [2.45, 2.75) is 6.92 Å². The predicted molar refractivity (Wildman–Crippen MR) is 32.0 cm³/mol. The summed E-state index contributed by atoms with van der Waals surface area (Å²) in [5.74, 6) is 0. The van der Waals surface area contributed by atoms with E-state index in [1.165, 1.54) is 0 Å². The summed E-state index contributed by atoms with van der Waals surface area (Å²) in [4.78, 5) is 0. The molecule has 3 nitrogen and oxygen atoms in total.